The van der Waals surface area contributed by atoms with Crippen molar-refractivity contribution in [1.82, 2.24) is 0 Å². The lowest BCUT2D eigenvalue weighted by Crippen LogP contribution is -2.42. The fourth-order valence-electron chi connectivity index (χ4n) is 3.30. The van der Waals surface area contributed by atoms with E-state index in [1.54, 1.807) is 0 Å². The molecule has 0 aromatic heterocycles. The molecular weight excluding hydrogens is 222 g/mol. The molecule has 1 spiro atoms. The molecule has 0 aromatic rings. The average Bonchev–Trinajstić information content (AvgIpc) is 2.77. The van der Waals surface area contributed by atoms with E-state index in [1.807, 2.05) is 25.3 Å². The fourth-order valence-corrected chi connectivity index (χ4v) is 3.30. The Morgan fingerprint density at radius 1 is 1.28 bits per heavy atom. The zero-order chi connectivity index (χ0) is 13.1. The van der Waals surface area contributed by atoms with E-state index >= 15 is 0 Å². The molecule has 0 aromatic carbocycles. The third kappa shape index (κ3) is 2.74. The second kappa shape index (κ2) is 5.40. The highest BCUT2D eigenvalue weighted by Crippen LogP contribution is 2.49. The predicted octanol–water partition coefficient (Wildman–Crippen LogP) is 4.28. The first-order valence-corrected chi connectivity index (χ1v) is 7.09. The SMILES string of the molecule is C=C(N=C/C=C\C)[C@]1(C)CCOC2(CCCC2)C1. The van der Waals surface area contributed by atoms with E-state index in [0.717, 1.165) is 25.1 Å². The summed E-state index contributed by atoms with van der Waals surface area (Å²) in [5, 5.41) is 0. The monoisotopic (exact) mass is 247 g/mol. The van der Waals surface area contributed by atoms with Crippen LogP contribution in [0.2, 0.25) is 0 Å². The Morgan fingerprint density at radius 2 is 2.00 bits per heavy atom. The van der Waals surface area contributed by atoms with Crippen molar-refractivity contribution in [3.05, 3.63) is 24.4 Å². The summed E-state index contributed by atoms with van der Waals surface area (Å²) in [6.45, 7) is 9.34. The van der Waals surface area contributed by atoms with Crippen LogP contribution in [0.5, 0.6) is 0 Å². The molecule has 0 amide bonds. The minimum Gasteiger partial charge on any atom is -0.375 e. The van der Waals surface area contributed by atoms with E-state index < -0.39 is 0 Å². The highest BCUT2D eigenvalue weighted by Gasteiger charge is 2.46. The van der Waals surface area contributed by atoms with Crippen molar-refractivity contribution in [1.29, 1.82) is 0 Å². The van der Waals surface area contributed by atoms with Crippen LogP contribution in [0.4, 0.5) is 0 Å². The van der Waals surface area contributed by atoms with Crippen LogP contribution < -0.4 is 0 Å². The molecule has 0 N–H and O–H groups in total. The van der Waals surface area contributed by atoms with Crippen molar-refractivity contribution in [2.75, 3.05) is 6.61 Å². The second-order valence-corrected chi connectivity index (χ2v) is 5.98. The summed E-state index contributed by atoms with van der Waals surface area (Å²) in [4.78, 5) is 4.50. The van der Waals surface area contributed by atoms with E-state index in [9.17, 15) is 0 Å². The third-order valence-corrected chi connectivity index (χ3v) is 4.49. The lowest BCUT2D eigenvalue weighted by Gasteiger charge is -2.44. The summed E-state index contributed by atoms with van der Waals surface area (Å²) in [7, 11) is 0. The topological polar surface area (TPSA) is 21.6 Å². The van der Waals surface area contributed by atoms with Crippen LogP contribution in [0.3, 0.4) is 0 Å². The summed E-state index contributed by atoms with van der Waals surface area (Å²) < 4.78 is 6.09. The number of rotatable bonds is 3. The van der Waals surface area contributed by atoms with E-state index in [-0.39, 0.29) is 11.0 Å². The van der Waals surface area contributed by atoms with Crippen molar-refractivity contribution in [2.45, 2.75) is 58.0 Å². The molecule has 0 radical (unpaired) electrons. The van der Waals surface area contributed by atoms with Gasteiger partial charge in [-0.1, -0.05) is 32.4 Å². The standard InChI is InChI=1S/C16H25NO/c1-4-5-11-17-14(2)15(3)10-12-18-16(13-15)8-6-7-9-16/h4-5,11H,2,6-10,12-13H2,1,3H3/b5-4-,17-11?/t15-/m1/s1. The molecule has 18 heavy (non-hydrogen) atoms. The first-order chi connectivity index (χ1) is 8.60. The minimum atomic E-state index is 0.112. The molecule has 100 valence electrons. The van der Waals surface area contributed by atoms with Crippen molar-refractivity contribution >= 4 is 6.21 Å². The molecule has 2 nitrogen and oxygen atoms in total. The zero-order valence-corrected chi connectivity index (χ0v) is 11.7. The summed E-state index contributed by atoms with van der Waals surface area (Å²) in [6.07, 6.45) is 13.0. The lowest BCUT2D eigenvalue weighted by atomic mass is 9.72. The number of hydrogen-bond donors (Lipinski definition) is 0. The van der Waals surface area contributed by atoms with E-state index in [2.05, 4.69) is 18.5 Å². The Bertz CT molecular complexity index is 363. The van der Waals surface area contributed by atoms with Gasteiger partial charge >= 0.3 is 0 Å². The quantitative estimate of drug-likeness (QED) is 0.682. The van der Waals surface area contributed by atoms with E-state index in [0.29, 0.717) is 0 Å². The maximum Gasteiger partial charge on any atom is 0.0691 e. The lowest BCUT2D eigenvalue weighted by molar-refractivity contribution is -0.109. The van der Waals surface area contributed by atoms with Crippen LogP contribution >= 0.6 is 0 Å². The van der Waals surface area contributed by atoms with Gasteiger partial charge in [0.05, 0.1) is 5.60 Å². The van der Waals surface area contributed by atoms with Crippen molar-refractivity contribution in [3.63, 3.8) is 0 Å². The molecule has 0 bridgehead atoms. The highest BCUT2D eigenvalue weighted by atomic mass is 16.5. The maximum atomic E-state index is 6.09. The Hall–Kier alpha value is -0.890. The first-order valence-electron chi connectivity index (χ1n) is 7.09. The molecule has 1 heterocycles. The number of ether oxygens (including phenoxy) is 1. The molecule has 0 unspecified atom stereocenters. The van der Waals surface area contributed by atoms with Gasteiger partial charge < -0.3 is 4.74 Å². The Kier molecular flexibility index (Phi) is 4.06. The molecule has 1 aliphatic heterocycles. The van der Waals surface area contributed by atoms with Crippen molar-refractivity contribution in [3.8, 4) is 0 Å². The van der Waals surface area contributed by atoms with Gasteiger partial charge in [0.2, 0.25) is 0 Å². The van der Waals surface area contributed by atoms with Gasteiger partial charge in [0, 0.05) is 23.9 Å². The largest absolute Gasteiger partial charge is 0.375 e. The van der Waals surface area contributed by atoms with Gasteiger partial charge in [-0.05, 0) is 38.7 Å². The minimum absolute atomic E-state index is 0.112. The van der Waals surface area contributed by atoms with Gasteiger partial charge in [-0.3, -0.25) is 4.99 Å². The fraction of sp³-hybridized carbons (Fsp3) is 0.688. The van der Waals surface area contributed by atoms with Crippen molar-refractivity contribution in [2.24, 2.45) is 10.4 Å². The molecule has 2 fully saturated rings. The Balaban J connectivity index is 2.07. The van der Waals surface area contributed by atoms with Crippen LogP contribution in [-0.4, -0.2) is 18.4 Å². The molecular formula is C16H25NO. The molecule has 2 rings (SSSR count). The Labute approximate surface area is 111 Å². The maximum absolute atomic E-state index is 6.09. The molecule has 2 aliphatic rings. The van der Waals surface area contributed by atoms with Gasteiger partial charge in [-0.25, -0.2) is 0 Å². The van der Waals surface area contributed by atoms with Crippen LogP contribution in [0.25, 0.3) is 0 Å². The van der Waals surface area contributed by atoms with Crippen molar-refractivity contribution < 1.29 is 4.74 Å². The van der Waals surface area contributed by atoms with Crippen LogP contribution in [0.15, 0.2) is 29.4 Å². The van der Waals surface area contributed by atoms with Crippen LogP contribution in [0.1, 0.15) is 52.4 Å². The summed E-state index contributed by atoms with van der Waals surface area (Å²) in [5.74, 6) is 0. The molecule has 1 saturated heterocycles. The second-order valence-electron chi connectivity index (χ2n) is 5.98. The number of aliphatic imine (C=N–C) groups is 1. The van der Waals surface area contributed by atoms with Gasteiger partial charge in [0.25, 0.3) is 0 Å². The summed E-state index contributed by atoms with van der Waals surface area (Å²) in [5.41, 5.74) is 1.25. The van der Waals surface area contributed by atoms with Crippen LogP contribution in [0, 0.1) is 5.41 Å². The van der Waals surface area contributed by atoms with E-state index in [1.165, 1.54) is 25.7 Å². The van der Waals surface area contributed by atoms with E-state index in [4.69, 9.17) is 4.74 Å². The third-order valence-electron chi connectivity index (χ3n) is 4.49. The van der Waals surface area contributed by atoms with Crippen LogP contribution in [-0.2, 0) is 4.74 Å². The first kappa shape index (κ1) is 13.5. The normalized spacial score (nSPS) is 31.7. The van der Waals surface area contributed by atoms with Gasteiger partial charge in [0.15, 0.2) is 0 Å². The highest BCUT2D eigenvalue weighted by molar-refractivity contribution is 5.72. The summed E-state index contributed by atoms with van der Waals surface area (Å²) in [6, 6.07) is 0. The molecule has 1 saturated carbocycles. The number of hydrogen-bond acceptors (Lipinski definition) is 2. The van der Waals surface area contributed by atoms with Gasteiger partial charge in [-0.2, -0.15) is 0 Å². The van der Waals surface area contributed by atoms with Gasteiger partial charge in [0.1, 0.15) is 0 Å². The molecule has 1 atom stereocenters. The summed E-state index contributed by atoms with van der Waals surface area (Å²) >= 11 is 0. The smallest absolute Gasteiger partial charge is 0.0691 e. The number of nitrogens with zero attached hydrogens (tertiary/aromatic N) is 1. The average molecular weight is 247 g/mol. The van der Waals surface area contributed by atoms with Gasteiger partial charge in [-0.15, -0.1) is 0 Å². The predicted molar refractivity (Wildman–Crippen MR) is 76.9 cm³/mol. The zero-order valence-electron chi connectivity index (χ0n) is 11.7. The Morgan fingerprint density at radius 3 is 2.67 bits per heavy atom. The number of allylic oxidation sites excluding steroid dienone is 3. The molecule has 1 aliphatic carbocycles. The molecule has 2 heteroatoms.